The van der Waals surface area contributed by atoms with Gasteiger partial charge in [-0.25, -0.2) is 18.4 Å². The van der Waals surface area contributed by atoms with Gasteiger partial charge in [0, 0.05) is 32.4 Å². The third kappa shape index (κ3) is 4.95. The fourth-order valence-electron chi connectivity index (χ4n) is 4.36. The summed E-state index contributed by atoms with van der Waals surface area (Å²) in [5, 5.41) is -0.201. The number of halogens is 2. The minimum absolute atomic E-state index is 0.0337. The number of benzene rings is 1. The van der Waals surface area contributed by atoms with Crippen LogP contribution in [0, 0.1) is 11.6 Å². The number of carbonyl (C=O) groups is 2. The number of morpholine rings is 1. The molecule has 2 heterocycles. The number of ether oxygens (including phenoxy) is 3. The summed E-state index contributed by atoms with van der Waals surface area (Å²) in [6.07, 6.45) is 1.83. The van der Waals surface area contributed by atoms with Crippen LogP contribution in [-0.4, -0.2) is 74.1 Å². The molecule has 1 saturated carbocycles. The maximum Gasteiger partial charge on any atom is 0.409 e. The molecule has 190 valence electrons. The molecular formula is C24H29F2N3O6. The molecule has 1 atom stereocenters. The van der Waals surface area contributed by atoms with E-state index in [1.54, 1.807) is 25.5 Å². The molecule has 1 unspecified atom stereocenters. The van der Waals surface area contributed by atoms with E-state index in [2.05, 4.69) is 0 Å². The molecule has 0 N–H and O–H groups in total. The highest BCUT2D eigenvalue weighted by Gasteiger charge is 2.33. The van der Waals surface area contributed by atoms with Gasteiger partial charge in [-0.2, -0.15) is 0 Å². The van der Waals surface area contributed by atoms with Gasteiger partial charge in [-0.05, 0) is 32.8 Å². The Bertz CT molecular complexity index is 1200. The number of hydrogen-bond acceptors (Lipinski definition) is 7. The quantitative estimate of drug-likeness (QED) is 0.548. The molecule has 35 heavy (non-hydrogen) atoms. The van der Waals surface area contributed by atoms with Crippen molar-refractivity contribution in [3.63, 3.8) is 0 Å². The molecule has 4 rings (SSSR count). The number of carbonyl (C=O) groups excluding carboxylic acids is 2. The van der Waals surface area contributed by atoms with E-state index in [1.807, 2.05) is 0 Å². The van der Waals surface area contributed by atoms with Crippen LogP contribution in [0.5, 0.6) is 0 Å². The van der Waals surface area contributed by atoms with Crippen LogP contribution in [0.1, 0.15) is 43.1 Å². The summed E-state index contributed by atoms with van der Waals surface area (Å²) < 4.78 is 48.5. The van der Waals surface area contributed by atoms with E-state index < -0.39 is 35.2 Å². The zero-order valence-electron chi connectivity index (χ0n) is 20.0. The van der Waals surface area contributed by atoms with Crippen molar-refractivity contribution in [2.45, 2.75) is 38.8 Å². The Kier molecular flexibility index (Phi) is 7.25. The van der Waals surface area contributed by atoms with Crippen molar-refractivity contribution in [3.8, 4) is 0 Å². The number of hydrogen-bond donors (Lipinski definition) is 0. The van der Waals surface area contributed by atoms with Crippen LogP contribution in [-0.2, 0) is 14.2 Å². The number of anilines is 1. The summed E-state index contributed by atoms with van der Waals surface area (Å²) in [5.41, 5.74) is -1.31. The first-order valence-corrected chi connectivity index (χ1v) is 11.7. The molecule has 1 aromatic carbocycles. The maximum atomic E-state index is 16.0. The maximum absolute atomic E-state index is 16.0. The molecule has 1 saturated heterocycles. The third-order valence-corrected chi connectivity index (χ3v) is 6.13. The second kappa shape index (κ2) is 10.2. The second-order valence-corrected chi connectivity index (χ2v) is 8.67. The Labute approximate surface area is 201 Å². The van der Waals surface area contributed by atoms with E-state index in [0.717, 1.165) is 18.9 Å². The molecule has 0 radical (unpaired) electrons. The van der Waals surface area contributed by atoms with E-state index in [1.165, 1.54) is 16.0 Å². The Hall–Kier alpha value is -3.21. The van der Waals surface area contributed by atoms with Crippen molar-refractivity contribution >= 4 is 28.7 Å². The van der Waals surface area contributed by atoms with Crippen LogP contribution in [0.4, 0.5) is 19.3 Å². The molecule has 9 nitrogen and oxygen atoms in total. The fourth-order valence-corrected chi connectivity index (χ4v) is 4.36. The lowest BCUT2D eigenvalue weighted by molar-refractivity contribution is 0.0179. The Morgan fingerprint density at radius 3 is 2.57 bits per heavy atom. The molecule has 0 bridgehead atoms. The van der Waals surface area contributed by atoms with E-state index in [9.17, 15) is 14.4 Å². The van der Waals surface area contributed by atoms with Crippen LogP contribution in [0.25, 0.3) is 10.9 Å². The molecular weight excluding hydrogens is 464 g/mol. The van der Waals surface area contributed by atoms with Gasteiger partial charge in [0.15, 0.2) is 5.82 Å². The predicted octanol–water partition coefficient (Wildman–Crippen LogP) is 3.08. The van der Waals surface area contributed by atoms with Crippen molar-refractivity contribution in [3.05, 3.63) is 39.7 Å². The van der Waals surface area contributed by atoms with Gasteiger partial charge in [-0.3, -0.25) is 4.79 Å². The number of fused-ring (bicyclic) bond motifs is 1. The largest absolute Gasteiger partial charge is 0.462 e. The number of aromatic nitrogens is 1. The molecule has 2 aromatic rings. The summed E-state index contributed by atoms with van der Waals surface area (Å²) in [4.78, 5) is 40.1. The molecule has 2 fully saturated rings. The topological polar surface area (TPSA) is 90.3 Å². The number of likely N-dealkylation sites (N-methyl/N-ethyl adjacent to an activating group) is 1. The Morgan fingerprint density at radius 2 is 1.91 bits per heavy atom. The number of esters is 1. The number of amides is 1. The highest BCUT2D eigenvalue weighted by Crippen LogP contribution is 2.40. The lowest BCUT2D eigenvalue weighted by Gasteiger charge is -2.36. The summed E-state index contributed by atoms with van der Waals surface area (Å²) in [5.74, 6) is -2.59. The van der Waals surface area contributed by atoms with E-state index in [0.29, 0.717) is 0 Å². The number of pyridine rings is 1. The highest BCUT2D eigenvalue weighted by molar-refractivity contribution is 5.95. The van der Waals surface area contributed by atoms with Gasteiger partial charge < -0.3 is 28.6 Å². The Morgan fingerprint density at radius 1 is 1.20 bits per heavy atom. The van der Waals surface area contributed by atoms with Crippen molar-refractivity contribution < 1.29 is 32.6 Å². The molecule has 1 amide bonds. The number of nitrogens with zero attached hydrogens (tertiary/aromatic N) is 3. The van der Waals surface area contributed by atoms with Crippen LogP contribution in [0.15, 0.2) is 17.1 Å². The molecule has 1 aliphatic carbocycles. The second-order valence-electron chi connectivity index (χ2n) is 8.67. The zero-order chi connectivity index (χ0) is 25.3. The van der Waals surface area contributed by atoms with Gasteiger partial charge in [0.1, 0.15) is 17.1 Å². The van der Waals surface area contributed by atoms with Crippen molar-refractivity contribution in [2.24, 2.45) is 0 Å². The van der Waals surface area contributed by atoms with Gasteiger partial charge in [0.25, 0.3) is 0 Å². The molecule has 0 spiro atoms. The van der Waals surface area contributed by atoms with Gasteiger partial charge >= 0.3 is 12.1 Å². The van der Waals surface area contributed by atoms with Crippen molar-refractivity contribution in [2.75, 3.05) is 51.4 Å². The molecule has 11 heteroatoms. The Balaban J connectivity index is 1.72. The van der Waals surface area contributed by atoms with Gasteiger partial charge in [-0.1, -0.05) is 0 Å². The highest BCUT2D eigenvalue weighted by atomic mass is 19.1. The monoisotopic (exact) mass is 493 g/mol. The van der Waals surface area contributed by atoms with E-state index >= 15 is 8.78 Å². The van der Waals surface area contributed by atoms with Crippen molar-refractivity contribution in [1.82, 2.24) is 9.47 Å². The first kappa shape index (κ1) is 24.9. The lowest BCUT2D eigenvalue weighted by atomic mass is 10.1. The smallest absolute Gasteiger partial charge is 0.409 e. The minimum atomic E-state index is -0.908. The first-order valence-electron chi connectivity index (χ1n) is 11.7. The molecule has 2 aliphatic rings. The summed E-state index contributed by atoms with van der Waals surface area (Å²) in [7, 11) is 1.56. The summed E-state index contributed by atoms with van der Waals surface area (Å²) >= 11 is 0. The lowest BCUT2D eigenvalue weighted by Crippen LogP contribution is -2.48. The SMILES string of the molecule is CCOC(=O)c1cn(C2CC2)c2c(F)c(N3CCOC(CN(C)C(=O)OCC)C3)c(F)cc2c1=O. The number of rotatable bonds is 7. The van der Waals surface area contributed by atoms with Gasteiger partial charge in [0.05, 0.1) is 43.4 Å². The van der Waals surface area contributed by atoms with Crippen LogP contribution in [0.2, 0.25) is 0 Å². The van der Waals surface area contributed by atoms with Gasteiger partial charge in [0.2, 0.25) is 5.43 Å². The van der Waals surface area contributed by atoms with Gasteiger partial charge in [-0.15, -0.1) is 0 Å². The van der Waals surface area contributed by atoms with E-state index in [4.69, 9.17) is 14.2 Å². The van der Waals surface area contributed by atoms with Crippen molar-refractivity contribution in [1.29, 1.82) is 0 Å². The van der Waals surface area contributed by atoms with E-state index in [-0.39, 0.29) is 67.7 Å². The fraction of sp³-hybridized carbons (Fsp3) is 0.542. The normalized spacial score (nSPS) is 18.0. The first-order chi connectivity index (χ1) is 16.8. The molecule has 1 aliphatic heterocycles. The third-order valence-electron chi connectivity index (χ3n) is 6.13. The molecule has 1 aromatic heterocycles. The zero-order valence-corrected chi connectivity index (χ0v) is 20.0. The standard InChI is InChI=1S/C24H29F2N3O6/c1-4-33-23(31)17-13-29(14-6-7-14)20-16(22(17)30)10-18(25)21(19(20)26)28-8-9-35-15(12-28)11-27(3)24(32)34-5-2/h10,13-15H,4-9,11-12H2,1-3H3. The predicted molar refractivity (Wildman–Crippen MR) is 124 cm³/mol. The van der Waals surface area contributed by atoms with Crippen LogP contribution in [0.3, 0.4) is 0 Å². The van der Waals surface area contributed by atoms with Crippen LogP contribution < -0.4 is 10.3 Å². The average Bonchev–Trinajstić information content (AvgIpc) is 3.65. The van der Waals surface area contributed by atoms with Crippen LogP contribution >= 0.6 is 0 Å². The summed E-state index contributed by atoms with van der Waals surface area (Å²) in [6.45, 7) is 4.37. The average molecular weight is 494 g/mol. The minimum Gasteiger partial charge on any atom is -0.462 e. The summed E-state index contributed by atoms with van der Waals surface area (Å²) in [6, 6.07) is 0.905.